The van der Waals surface area contributed by atoms with Gasteiger partial charge in [0.05, 0.1) is 0 Å². The second-order valence-corrected chi connectivity index (χ2v) is 5.47. The van der Waals surface area contributed by atoms with Gasteiger partial charge in [-0.05, 0) is 43.7 Å². The lowest BCUT2D eigenvalue weighted by Gasteiger charge is -2.21. The average molecular weight is 195 g/mol. The lowest BCUT2D eigenvalue weighted by Crippen LogP contribution is -2.21. The second kappa shape index (κ2) is 5.16. The molecule has 2 saturated carbocycles. The van der Waals surface area contributed by atoms with E-state index in [0.717, 1.165) is 17.8 Å². The Hall–Kier alpha value is -0.0400. The third-order valence-electron chi connectivity index (χ3n) is 4.14. The van der Waals surface area contributed by atoms with Crippen LogP contribution in [-0.2, 0) is 0 Å². The van der Waals surface area contributed by atoms with Crippen molar-refractivity contribution in [3.05, 3.63) is 0 Å². The molecule has 2 unspecified atom stereocenters. The van der Waals surface area contributed by atoms with Crippen LogP contribution in [0, 0.1) is 17.8 Å². The van der Waals surface area contributed by atoms with E-state index in [1.165, 1.54) is 58.0 Å². The van der Waals surface area contributed by atoms with E-state index in [1.54, 1.807) is 0 Å². The van der Waals surface area contributed by atoms with Gasteiger partial charge < -0.3 is 5.32 Å². The SMILES string of the molecule is CC1CC1CNCCC1CCCCC1. The first-order valence-electron chi connectivity index (χ1n) is 6.57. The van der Waals surface area contributed by atoms with Gasteiger partial charge in [0.1, 0.15) is 0 Å². The van der Waals surface area contributed by atoms with Crippen LogP contribution in [0.2, 0.25) is 0 Å². The maximum Gasteiger partial charge on any atom is -0.00179 e. The Morgan fingerprint density at radius 2 is 1.86 bits per heavy atom. The van der Waals surface area contributed by atoms with Gasteiger partial charge in [-0.25, -0.2) is 0 Å². The summed E-state index contributed by atoms with van der Waals surface area (Å²) in [7, 11) is 0. The van der Waals surface area contributed by atoms with Crippen LogP contribution in [0.15, 0.2) is 0 Å². The maximum atomic E-state index is 3.63. The third-order valence-corrected chi connectivity index (χ3v) is 4.14. The summed E-state index contributed by atoms with van der Waals surface area (Å²) in [6, 6.07) is 0. The first-order valence-corrected chi connectivity index (χ1v) is 6.57. The smallest absolute Gasteiger partial charge is 0.00179 e. The third kappa shape index (κ3) is 3.27. The quantitative estimate of drug-likeness (QED) is 0.664. The Morgan fingerprint density at radius 1 is 1.14 bits per heavy atom. The van der Waals surface area contributed by atoms with Gasteiger partial charge in [0.2, 0.25) is 0 Å². The van der Waals surface area contributed by atoms with Crippen molar-refractivity contribution in [3.8, 4) is 0 Å². The summed E-state index contributed by atoms with van der Waals surface area (Å²) in [6.07, 6.45) is 10.4. The molecular weight excluding hydrogens is 170 g/mol. The van der Waals surface area contributed by atoms with Crippen LogP contribution < -0.4 is 5.32 Å². The lowest BCUT2D eigenvalue weighted by atomic mass is 9.87. The first kappa shape index (κ1) is 10.5. The molecule has 2 atom stereocenters. The topological polar surface area (TPSA) is 12.0 Å². The Kier molecular flexibility index (Phi) is 3.86. The van der Waals surface area contributed by atoms with Crippen molar-refractivity contribution < 1.29 is 0 Å². The van der Waals surface area contributed by atoms with Crippen LogP contribution in [0.5, 0.6) is 0 Å². The lowest BCUT2D eigenvalue weighted by molar-refractivity contribution is 0.333. The van der Waals surface area contributed by atoms with E-state index in [1.807, 2.05) is 0 Å². The summed E-state index contributed by atoms with van der Waals surface area (Å²) in [4.78, 5) is 0. The van der Waals surface area contributed by atoms with Crippen molar-refractivity contribution in [3.63, 3.8) is 0 Å². The van der Waals surface area contributed by atoms with Gasteiger partial charge in [-0.1, -0.05) is 39.0 Å². The second-order valence-electron chi connectivity index (χ2n) is 5.47. The molecule has 1 N–H and O–H groups in total. The van der Waals surface area contributed by atoms with E-state index in [0.29, 0.717) is 0 Å². The van der Waals surface area contributed by atoms with Crippen molar-refractivity contribution >= 4 is 0 Å². The normalized spacial score (nSPS) is 33.2. The predicted molar refractivity (Wildman–Crippen MR) is 61.3 cm³/mol. The van der Waals surface area contributed by atoms with Crippen molar-refractivity contribution in [2.75, 3.05) is 13.1 Å². The molecule has 2 fully saturated rings. The van der Waals surface area contributed by atoms with Crippen molar-refractivity contribution in [2.45, 2.75) is 51.9 Å². The summed E-state index contributed by atoms with van der Waals surface area (Å²) in [6.45, 7) is 4.93. The molecule has 0 spiro atoms. The zero-order valence-electron chi connectivity index (χ0n) is 9.60. The van der Waals surface area contributed by atoms with E-state index in [-0.39, 0.29) is 0 Å². The predicted octanol–water partition coefficient (Wildman–Crippen LogP) is 3.20. The summed E-state index contributed by atoms with van der Waals surface area (Å²) >= 11 is 0. The molecule has 1 heteroatoms. The standard InChI is InChI=1S/C13H25N/c1-11-9-13(11)10-14-8-7-12-5-3-2-4-6-12/h11-14H,2-10H2,1H3. The fourth-order valence-corrected chi connectivity index (χ4v) is 2.75. The Morgan fingerprint density at radius 3 is 2.50 bits per heavy atom. The molecule has 0 aromatic rings. The zero-order valence-corrected chi connectivity index (χ0v) is 9.60. The molecule has 0 radical (unpaired) electrons. The van der Waals surface area contributed by atoms with Crippen LogP contribution in [0.25, 0.3) is 0 Å². The molecule has 2 aliphatic rings. The summed E-state index contributed by atoms with van der Waals surface area (Å²) in [5, 5.41) is 3.63. The van der Waals surface area contributed by atoms with Crippen LogP contribution in [-0.4, -0.2) is 13.1 Å². The highest BCUT2D eigenvalue weighted by atomic mass is 14.9. The van der Waals surface area contributed by atoms with Crippen LogP contribution in [0.3, 0.4) is 0 Å². The zero-order chi connectivity index (χ0) is 9.80. The van der Waals surface area contributed by atoms with E-state index in [4.69, 9.17) is 0 Å². The Bertz CT molecular complexity index is 161. The Labute approximate surface area is 88.7 Å². The molecule has 0 amide bonds. The van der Waals surface area contributed by atoms with Crippen molar-refractivity contribution in [2.24, 2.45) is 17.8 Å². The minimum atomic E-state index is 1.01. The fourth-order valence-electron chi connectivity index (χ4n) is 2.75. The first-order chi connectivity index (χ1) is 6.86. The molecule has 82 valence electrons. The Balaban J connectivity index is 1.45. The van der Waals surface area contributed by atoms with Crippen molar-refractivity contribution in [1.82, 2.24) is 5.32 Å². The molecule has 0 aliphatic heterocycles. The van der Waals surface area contributed by atoms with Crippen LogP contribution in [0.1, 0.15) is 51.9 Å². The molecule has 1 nitrogen and oxygen atoms in total. The molecular formula is C13H25N. The van der Waals surface area contributed by atoms with E-state index >= 15 is 0 Å². The average Bonchev–Trinajstić information content (AvgIpc) is 2.91. The van der Waals surface area contributed by atoms with E-state index in [2.05, 4.69) is 12.2 Å². The van der Waals surface area contributed by atoms with Gasteiger partial charge in [0, 0.05) is 0 Å². The summed E-state index contributed by atoms with van der Waals surface area (Å²) < 4.78 is 0. The molecule has 2 aliphatic carbocycles. The van der Waals surface area contributed by atoms with Gasteiger partial charge >= 0.3 is 0 Å². The van der Waals surface area contributed by atoms with Gasteiger partial charge in [0.25, 0.3) is 0 Å². The molecule has 0 aromatic carbocycles. The van der Waals surface area contributed by atoms with Crippen molar-refractivity contribution in [1.29, 1.82) is 0 Å². The summed E-state index contributed by atoms with van der Waals surface area (Å²) in [5.41, 5.74) is 0. The van der Waals surface area contributed by atoms with Crippen LogP contribution in [0.4, 0.5) is 0 Å². The largest absolute Gasteiger partial charge is 0.316 e. The number of hydrogen-bond donors (Lipinski definition) is 1. The number of nitrogens with one attached hydrogen (secondary N) is 1. The van der Waals surface area contributed by atoms with Gasteiger partial charge in [-0.15, -0.1) is 0 Å². The molecule has 0 saturated heterocycles. The monoisotopic (exact) mass is 195 g/mol. The molecule has 0 aromatic heterocycles. The fraction of sp³-hybridized carbons (Fsp3) is 1.00. The number of hydrogen-bond acceptors (Lipinski definition) is 1. The summed E-state index contributed by atoms with van der Waals surface area (Å²) in [5.74, 6) is 3.08. The molecule has 2 rings (SSSR count). The molecule has 0 bridgehead atoms. The minimum absolute atomic E-state index is 1.01. The number of rotatable bonds is 5. The molecule has 14 heavy (non-hydrogen) atoms. The highest BCUT2D eigenvalue weighted by Crippen LogP contribution is 2.36. The van der Waals surface area contributed by atoms with Gasteiger partial charge in [-0.2, -0.15) is 0 Å². The maximum absolute atomic E-state index is 3.63. The van der Waals surface area contributed by atoms with E-state index in [9.17, 15) is 0 Å². The highest BCUT2D eigenvalue weighted by Gasteiger charge is 2.31. The minimum Gasteiger partial charge on any atom is -0.316 e. The highest BCUT2D eigenvalue weighted by molar-refractivity contribution is 4.83. The molecule has 0 heterocycles. The van der Waals surface area contributed by atoms with E-state index < -0.39 is 0 Å². The van der Waals surface area contributed by atoms with Crippen LogP contribution >= 0.6 is 0 Å². The van der Waals surface area contributed by atoms with Gasteiger partial charge in [0.15, 0.2) is 0 Å². The van der Waals surface area contributed by atoms with Gasteiger partial charge in [-0.3, -0.25) is 0 Å².